The average Bonchev–Trinajstić information content (AvgIpc) is 3.30. The molecule has 15 heteroatoms. The van der Waals surface area contributed by atoms with Gasteiger partial charge in [0.15, 0.2) is 12.2 Å². The van der Waals surface area contributed by atoms with Gasteiger partial charge in [-0.05, 0) is 24.7 Å². The van der Waals surface area contributed by atoms with Crippen LogP contribution in [0.3, 0.4) is 0 Å². The first-order valence-corrected chi connectivity index (χ1v) is 14.5. The Kier molecular flexibility index (Phi) is 11.0. The van der Waals surface area contributed by atoms with Crippen LogP contribution in [0.1, 0.15) is 26.7 Å². The van der Waals surface area contributed by atoms with Crippen LogP contribution in [-0.2, 0) is 52.3 Å². The van der Waals surface area contributed by atoms with E-state index >= 15 is 0 Å². The van der Waals surface area contributed by atoms with Gasteiger partial charge >= 0.3 is 23.9 Å². The van der Waals surface area contributed by atoms with E-state index in [0.717, 1.165) is 6.26 Å². The van der Waals surface area contributed by atoms with E-state index in [-0.39, 0.29) is 43.5 Å². The molecule has 0 amide bonds. The van der Waals surface area contributed by atoms with E-state index in [1.807, 2.05) is 6.92 Å². The number of methoxy groups -OCH3 is 1. The van der Waals surface area contributed by atoms with Gasteiger partial charge in [-0.15, -0.1) is 6.58 Å². The van der Waals surface area contributed by atoms with Crippen LogP contribution in [0.5, 0.6) is 0 Å². The van der Waals surface area contributed by atoms with Crippen LogP contribution in [-0.4, -0.2) is 114 Å². The molecule has 0 aromatic rings. The summed E-state index contributed by atoms with van der Waals surface area (Å²) in [5.74, 6) is -6.23. The SMILES string of the molecule is C=CC1C(OC2OC(CO)C(O)C(O)C2O)OC=C(C(=O)OC2CC3C(C(=O)OC)C(=O)OCC3C2C)C1CCOC(C)=O. The topological polar surface area (TPSA) is 214 Å². The third-order valence-electron chi connectivity index (χ3n) is 9.00. The normalized spacial score (nSPS) is 40.0. The molecule has 2 saturated heterocycles. The van der Waals surface area contributed by atoms with Crippen molar-refractivity contribution < 1.29 is 72.8 Å². The Morgan fingerprint density at radius 3 is 2.48 bits per heavy atom. The summed E-state index contributed by atoms with van der Waals surface area (Å²) >= 11 is 0. The number of aliphatic hydroxyl groups is 4. The van der Waals surface area contributed by atoms with Crippen molar-refractivity contribution >= 4 is 23.9 Å². The van der Waals surface area contributed by atoms with E-state index in [9.17, 15) is 39.6 Å². The summed E-state index contributed by atoms with van der Waals surface area (Å²) in [6, 6.07) is 0. The fourth-order valence-electron chi connectivity index (χ4n) is 6.49. The minimum atomic E-state index is -1.70. The van der Waals surface area contributed by atoms with Gasteiger partial charge in [-0.1, -0.05) is 13.0 Å². The Balaban J connectivity index is 1.53. The first-order valence-electron chi connectivity index (χ1n) is 14.5. The molecule has 3 aliphatic heterocycles. The van der Waals surface area contributed by atoms with Crippen molar-refractivity contribution in [1.29, 1.82) is 0 Å². The molecule has 44 heavy (non-hydrogen) atoms. The largest absolute Gasteiger partial charge is 0.471 e. The van der Waals surface area contributed by atoms with Gasteiger partial charge in [0.2, 0.25) is 6.29 Å². The number of hydrogen-bond acceptors (Lipinski definition) is 15. The molecule has 15 nitrogen and oxygen atoms in total. The minimum absolute atomic E-state index is 0.0774. The lowest BCUT2D eigenvalue weighted by molar-refractivity contribution is -0.339. The third-order valence-corrected chi connectivity index (χ3v) is 9.00. The van der Waals surface area contributed by atoms with Crippen LogP contribution in [0, 0.1) is 35.5 Å². The second-order valence-corrected chi connectivity index (χ2v) is 11.5. The van der Waals surface area contributed by atoms with Gasteiger partial charge in [-0.25, -0.2) is 4.79 Å². The lowest BCUT2D eigenvalue weighted by Crippen LogP contribution is -2.60. The summed E-state index contributed by atoms with van der Waals surface area (Å²) < 4.78 is 38.1. The Hall–Kier alpha value is -3.08. The number of rotatable bonds is 10. The van der Waals surface area contributed by atoms with E-state index in [2.05, 4.69) is 6.58 Å². The van der Waals surface area contributed by atoms with Crippen LogP contribution < -0.4 is 0 Å². The molecule has 4 rings (SSSR count). The molecule has 3 heterocycles. The van der Waals surface area contributed by atoms with Gasteiger partial charge in [-0.3, -0.25) is 14.4 Å². The van der Waals surface area contributed by atoms with Crippen LogP contribution >= 0.6 is 0 Å². The first kappa shape index (κ1) is 33.8. The molecule has 4 N–H and O–H groups in total. The molecule has 1 aliphatic carbocycles. The number of cyclic esters (lactones) is 1. The van der Waals surface area contributed by atoms with Gasteiger partial charge in [-0.2, -0.15) is 0 Å². The highest BCUT2D eigenvalue weighted by atomic mass is 16.8. The maximum atomic E-state index is 13.6. The lowest BCUT2D eigenvalue weighted by Gasteiger charge is -2.43. The Morgan fingerprint density at radius 1 is 1.11 bits per heavy atom. The van der Waals surface area contributed by atoms with Gasteiger partial charge in [0.1, 0.15) is 30.5 Å². The van der Waals surface area contributed by atoms with Crippen molar-refractivity contribution in [2.75, 3.05) is 26.9 Å². The van der Waals surface area contributed by atoms with Crippen molar-refractivity contribution in [2.24, 2.45) is 35.5 Å². The number of fused-ring (bicyclic) bond motifs is 1. The summed E-state index contributed by atoms with van der Waals surface area (Å²) in [7, 11) is 1.19. The highest BCUT2D eigenvalue weighted by molar-refractivity contribution is 5.96. The van der Waals surface area contributed by atoms with Crippen molar-refractivity contribution in [1.82, 2.24) is 0 Å². The quantitative estimate of drug-likeness (QED) is 0.0983. The van der Waals surface area contributed by atoms with Crippen LogP contribution in [0.4, 0.5) is 0 Å². The predicted octanol–water partition coefficient (Wildman–Crippen LogP) is -1.06. The summed E-state index contributed by atoms with van der Waals surface area (Å²) in [6.07, 6.45) is -6.68. The molecular formula is C29H40O15. The summed E-state index contributed by atoms with van der Waals surface area (Å²) in [6.45, 7) is 6.25. The minimum Gasteiger partial charge on any atom is -0.471 e. The zero-order valence-corrected chi connectivity index (χ0v) is 24.7. The second kappa shape index (κ2) is 14.3. The fourth-order valence-corrected chi connectivity index (χ4v) is 6.49. The van der Waals surface area contributed by atoms with Crippen molar-refractivity contribution in [3.05, 3.63) is 24.5 Å². The zero-order chi connectivity index (χ0) is 32.3. The lowest BCUT2D eigenvalue weighted by atomic mass is 9.80. The molecule has 0 aromatic heterocycles. The fraction of sp³-hybridized carbons (Fsp3) is 0.724. The monoisotopic (exact) mass is 628 g/mol. The molecule has 3 fully saturated rings. The van der Waals surface area contributed by atoms with Crippen LogP contribution in [0.25, 0.3) is 0 Å². The van der Waals surface area contributed by atoms with Gasteiger partial charge in [0, 0.05) is 24.7 Å². The predicted molar refractivity (Wildman–Crippen MR) is 143 cm³/mol. The third kappa shape index (κ3) is 6.77. The average molecular weight is 629 g/mol. The molecular weight excluding hydrogens is 588 g/mol. The zero-order valence-electron chi connectivity index (χ0n) is 24.7. The molecule has 0 spiro atoms. The van der Waals surface area contributed by atoms with Crippen molar-refractivity contribution in [2.45, 2.75) is 69.8 Å². The van der Waals surface area contributed by atoms with Gasteiger partial charge < -0.3 is 53.6 Å². The Morgan fingerprint density at radius 2 is 1.84 bits per heavy atom. The molecule has 1 saturated carbocycles. The number of esters is 4. The summed E-state index contributed by atoms with van der Waals surface area (Å²) in [5, 5.41) is 40.2. The van der Waals surface area contributed by atoms with Gasteiger partial charge in [0.25, 0.3) is 0 Å². The standard InChI is InChI=1S/C29H40O15/c1-5-14-15(6-7-39-13(3)31)18(11-41-28(14)44-29-24(34)23(33)22(32)20(9-30)43-29)25(35)42-19-8-16-17(12(19)2)10-40-27(37)21(16)26(36)38-4/h5,11-12,14-17,19-24,28-30,32-34H,1,6-10H2,2-4H3. The van der Waals surface area contributed by atoms with E-state index in [0.29, 0.717) is 0 Å². The maximum Gasteiger partial charge on any atom is 0.337 e. The highest BCUT2D eigenvalue weighted by Gasteiger charge is 2.55. The van der Waals surface area contributed by atoms with Crippen molar-refractivity contribution in [3.8, 4) is 0 Å². The Labute approximate surface area is 253 Å². The first-order chi connectivity index (χ1) is 20.9. The van der Waals surface area contributed by atoms with Gasteiger partial charge in [0.05, 0.1) is 38.8 Å². The number of carbonyl (C=O) groups is 4. The molecule has 0 bridgehead atoms. The number of carbonyl (C=O) groups excluding carboxylic acids is 4. The van der Waals surface area contributed by atoms with E-state index in [1.165, 1.54) is 20.1 Å². The summed E-state index contributed by atoms with van der Waals surface area (Å²) in [5.41, 5.74) is 0.0784. The van der Waals surface area contributed by atoms with E-state index in [1.54, 1.807) is 0 Å². The molecule has 0 aromatic carbocycles. The maximum absolute atomic E-state index is 13.6. The van der Waals surface area contributed by atoms with Crippen LogP contribution in [0.2, 0.25) is 0 Å². The molecule has 13 unspecified atom stereocenters. The van der Waals surface area contributed by atoms with Crippen LogP contribution in [0.15, 0.2) is 24.5 Å². The summed E-state index contributed by atoms with van der Waals surface area (Å²) in [4.78, 5) is 49.8. The molecule has 246 valence electrons. The smallest absolute Gasteiger partial charge is 0.337 e. The molecule has 4 aliphatic rings. The molecule has 0 radical (unpaired) electrons. The molecule has 13 atom stereocenters. The Bertz CT molecular complexity index is 1110. The number of ether oxygens (including phenoxy) is 7. The number of aliphatic hydroxyl groups excluding tert-OH is 4. The highest BCUT2D eigenvalue weighted by Crippen LogP contribution is 2.47. The van der Waals surface area contributed by atoms with E-state index < -0.39 is 97.3 Å². The second-order valence-electron chi connectivity index (χ2n) is 11.5. The van der Waals surface area contributed by atoms with E-state index in [4.69, 9.17) is 33.2 Å². The van der Waals surface area contributed by atoms with Crippen molar-refractivity contribution in [3.63, 3.8) is 0 Å². The number of hydrogen-bond donors (Lipinski definition) is 4.